The van der Waals surface area contributed by atoms with Crippen LogP contribution in [-0.2, 0) is 9.53 Å². The molecule has 0 heterocycles. The lowest BCUT2D eigenvalue weighted by Crippen LogP contribution is -2.30. The Hall–Kier alpha value is -3.29. The molecule has 0 saturated heterocycles. The lowest BCUT2D eigenvalue weighted by Gasteiger charge is -2.14. The fourth-order valence-corrected chi connectivity index (χ4v) is 2.07. The van der Waals surface area contributed by atoms with Crippen LogP contribution in [0.3, 0.4) is 0 Å². The van der Waals surface area contributed by atoms with E-state index in [1.807, 2.05) is 0 Å². The molecule has 0 aliphatic carbocycles. The van der Waals surface area contributed by atoms with E-state index in [1.165, 1.54) is 50.2 Å². The van der Waals surface area contributed by atoms with Crippen molar-refractivity contribution in [3.63, 3.8) is 0 Å². The first kappa shape index (κ1) is 18.1. The molecular weight excluding hydrogens is 331 g/mol. The molecule has 0 aliphatic rings. The molecule has 0 fully saturated rings. The van der Waals surface area contributed by atoms with E-state index in [4.69, 9.17) is 4.74 Å². The topological polar surface area (TPSA) is 98.5 Å². The summed E-state index contributed by atoms with van der Waals surface area (Å²) in [7, 11) is 0. The molecule has 7 nitrogen and oxygen atoms in total. The van der Waals surface area contributed by atoms with Crippen molar-refractivity contribution < 1.29 is 23.6 Å². The number of esters is 1. The van der Waals surface area contributed by atoms with Crippen LogP contribution < -0.4 is 5.32 Å². The number of nitro groups is 1. The molecule has 1 N–H and O–H groups in total. The molecule has 0 spiro atoms. The summed E-state index contributed by atoms with van der Waals surface area (Å²) in [6.45, 7) is 2.83. The molecule has 1 atom stereocenters. The van der Waals surface area contributed by atoms with E-state index in [9.17, 15) is 24.1 Å². The van der Waals surface area contributed by atoms with Gasteiger partial charge in [-0.15, -0.1) is 0 Å². The third-order valence-electron chi connectivity index (χ3n) is 3.41. The molecule has 25 heavy (non-hydrogen) atoms. The molecule has 1 amide bonds. The Morgan fingerprint density at radius 1 is 1.24 bits per heavy atom. The van der Waals surface area contributed by atoms with E-state index >= 15 is 0 Å². The zero-order valence-corrected chi connectivity index (χ0v) is 13.5. The predicted octanol–water partition coefficient (Wildman–Crippen LogP) is 3.23. The highest BCUT2D eigenvalue weighted by molar-refractivity contribution is 5.97. The maximum Gasteiger partial charge on any atom is 0.338 e. The summed E-state index contributed by atoms with van der Waals surface area (Å²) in [6, 6.07) is 9.33. The average Bonchev–Trinajstić information content (AvgIpc) is 2.56. The van der Waals surface area contributed by atoms with Crippen LogP contribution in [0.2, 0.25) is 0 Å². The van der Waals surface area contributed by atoms with E-state index in [2.05, 4.69) is 5.32 Å². The maximum absolute atomic E-state index is 13.5. The molecule has 0 aliphatic heterocycles. The van der Waals surface area contributed by atoms with Gasteiger partial charge < -0.3 is 10.1 Å². The largest absolute Gasteiger partial charge is 0.449 e. The number of carbonyl (C=O) groups is 2. The van der Waals surface area contributed by atoms with Crippen LogP contribution in [0, 0.1) is 22.9 Å². The van der Waals surface area contributed by atoms with Crippen molar-refractivity contribution in [1.82, 2.24) is 0 Å². The molecule has 2 aromatic carbocycles. The SMILES string of the molecule is Cc1cc(C(=O)OC(C)C(=O)Nc2ccccc2F)ccc1[N+](=O)[O-]. The minimum Gasteiger partial charge on any atom is -0.449 e. The molecule has 0 bridgehead atoms. The Morgan fingerprint density at radius 2 is 1.92 bits per heavy atom. The molecular formula is C17H15FN2O5. The van der Waals surface area contributed by atoms with Crippen LogP contribution in [0.5, 0.6) is 0 Å². The molecule has 8 heteroatoms. The Labute approximate surface area is 142 Å². The van der Waals surface area contributed by atoms with E-state index in [-0.39, 0.29) is 16.9 Å². The van der Waals surface area contributed by atoms with Gasteiger partial charge in [0.15, 0.2) is 6.10 Å². The number of amides is 1. The van der Waals surface area contributed by atoms with Crippen LogP contribution in [-0.4, -0.2) is 22.9 Å². The van der Waals surface area contributed by atoms with Gasteiger partial charge in [-0.05, 0) is 38.1 Å². The van der Waals surface area contributed by atoms with Crippen molar-refractivity contribution in [2.24, 2.45) is 0 Å². The van der Waals surface area contributed by atoms with E-state index in [1.54, 1.807) is 6.07 Å². The van der Waals surface area contributed by atoms with Gasteiger partial charge in [0.1, 0.15) is 5.82 Å². The van der Waals surface area contributed by atoms with Gasteiger partial charge in [-0.1, -0.05) is 12.1 Å². The zero-order valence-electron chi connectivity index (χ0n) is 13.5. The second-order valence-electron chi connectivity index (χ2n) is 5.28. The molecule has 0 aromatic heterocycles. The lowest BCUT2D eigenvalue weighted by molar-refractivity contribution is -0.385. The van der Waals surface area contributed by atoms with Gasteiger partial charge >= 0.3 is 5.97 Å². The summed E-state index contributed by atoms with van der Waals surface area (Å²) >= 11 is 0. The maximum atomic E-state index is 13.5. The van der Waals surface area contributed by atoms with Crippen molar-refractivity contribution in [3.8, 4) is 0 Å². The third-order valence-corrected chi connectivity index (χ3v) is 3.41. The second kappa shape index (κ2) is 7.52. The summed E-state index contributed by atoms with van der Waals surface area (Å²) in [5, 5.41) is 13.1. The van der Waals surface area contributed by atoms with Gasteiger partial charge in [0, 0.05) is 11.6 Å². The number of hydrogen-bond acceptors (Lipinski definition) is 5. The smallest absolute Gasteiger partial charge is 0.338 e. The highest BCUT2D eigenvalue weighted by Gasteiger charge is 2.21. The first-order valence-corrected chi connectivity index (χ1v) is 7.31. The Balaban J connectivity index is 2.04. The number of benzene rings is 2. The second-order valence-corrected chi connectivity index (χ2v) is 5.28. The van der Waals surface area contributed by atoms with Crippen molar-refractivity contribution in [2.75, 3.05) is 5.32 Å². The van der Waals surface area contributed by atoms with Crippen molar-refractivity contribution in [3.05, 3.63) is 69.5 Å². The standard InChI is InChI=1S/C17H15FN2O5/c1-10-9-12(7-8-15(10)20(23)24)17(22)25-11(2)16(21)19-14-6-4-3-5-13(14)18/h3-9,11H,1-2H3,(H,19,21). The molecule has 2 rings (SSSR count). The number of nitrogens with zero attached hydrogens (tertiary/aromatic N) is 1. The van der Waals surface area contributed by atoms with Crippen molar-refractivity contribution in [1.29, 1.82) is 0 Å². The van der Waals surface area contributed by atoms with Crippen LogP contribution in [0.4, 0.5) is 15.8 Å². The highest BCUT2D eigenvalue weighted by Crippen LogP contribution is 2.20. The molecule has 0 radical (unpaired) electrons. The molecule has 130 valence electrons. The third kappa shape index (κ3) is 4.37. The Morgan fingerprint density at radius 3 is 2.52 bits per heavy atom. The van der Waals surface area contributed by atoms with Gasteiger partial charge in [-0.2, -0.15) is 0 Å². The fourth-order valence-electron chi connectivity index (χ4n) is 2.07. The number of ether oxygens (including phenoxy) is 1. The Kier molecular flexibility index (Phi) is 5.43. The number of carbonyl (C=O) groups excluding carboxylic acids is 2. The lowest BCUT2D eigenvalue weighted by atomic mass is 10.1. The molecule has 2 aromatic rings. The van der Waals surface area contributed by atoms with Gasteiger partial charge in [0.05, 0.1) is 16.2 Å². The van der Waals surface area contributed by atoms with Crippen LogP contribution in [0.25, 0.3) is 0 Å². The van der Waals surface area contributed by atoms with Gasteiger partial charge in [-0.3, -0.25) is 14.9 Å². The number of nitro benzene ring substituents is 1. The number of nitrogens with one attached hydrogen (secondary N) is 1. The number of para-hydroxylation sites is 1. The van der Waals surface area contributed by atoms with Crippen molar-refractivity contribution in [2.45, 2.75) is 20.0 Å². The van der Waals surface area contributed by atoms with Gasteiger partial charge in [0.25, 0.3) is 11.6 Å². The highest BCUT2D eigenvalue weighted by atomic mass is 19.1. The minimum absolute atomic E-state index is 0.0263. The zero-order chi connectivity index (χ0) is 18.6. The van der Waals surface area contributed by atoms with Crippen molar-refractivity contribution >= 4 is 23.3 Å². The van der Waals surface area contributed by atoms with Gasteiger partial charge in [-0.25, -0.2) is 9.18 Å². The molecule has 0 saturated carbocycles. The van der Waals surface area contributed by atoms with Crippen LogP contribution in [0.15, 0.2) is 42.5 Å². The van der Waals surface area contributed by atoms with Crippen LogP contribution >= 0.6 is 0 Å². The number of anilines is 1. The predicted molar refractivity (Wildman–Crippen MR) is 87.7 cm³/mol. The van der Waals surface area contributed by atoms with Gasteiger partial charge in [0.2, 0.25) is 0 Å². The number of halogens is 1. The monoisotopic (exact) mass is 346 g/mol. The summed E-state index contributed by atoms with van der Waals surface area (Å²) in [4.78, 5) is 34.3. The first-order chi connectivity index (χ1) is 11.8. The summed E-state index contributed by atoms with van der Waals surface area (Å²) in [5.41, 5.74) is 0.222. The number of aryl methyl sites for hydroxylation is 1. The summed E-state index contributed by atoms with van der Waals surface area (Å²) < 4.78 is 18.5. The van der Waals surface area contributed by atoms with Crippen LogP contribution in [0.1, 0.15) is 22.8 Å². The Bertz CT molecular complexity index is 838. The quantitative estimate of drug-likeness (QED) is 0.509. The van der Waals surface area contributed by atoms with E-state index in [0.717, 1.165) is 0 Å². The molecule has 1 unspecified atom stereocenters. The summed E-state index contributed by atoms with van der Waals surface area (Å²) in [5.74, 6) is -2.12. The first-order valence-electron chi connectivity index (χ1n) is 7.31. The normalized spacial score (nSPS) is 11.5. The minimum atomic E-state index is -1.18. The number of rotatable bonds is 5. The average molecular weight is 346 g/mol. The number of hydrogen-bond donors (Lipinski definition) is 1. The fraction of sp³-hybridized carbons (Fsp3) is 0.176. The van der Waals surface area contributed by atoms with E-state index in [0.29, 0.717) is 5.56 Å². The van der Waals surface area contributed by atoms with E-state index < -0.39 is 28.7 Å². The summed E-state index contributed by atoms with van der Waals surface area (Å²) in [6.07, 6.45) is -1.18.